The highest BCUT2D eigenvalue weighted by Crippen LogP contribution is 2.24. The highest BCUT2D eigenvalue weighted by Gasteiger charge is 2.31. The van der Waals surface area contributed by atoms with Gasteiger partial charge in [-0.25, -0.2) is 0 Å². The highest BCUT2D eigenvalue weighted by molar-refractivity contribution is 7.99. The number of anilines is 1. The van der Waals surface area contributed by atoms with Gasteiger partial charge in [0.05, 0.1) is 5.75 Å². The van der Waals surface area contributed by atoms with Crippen LogP contribution in [0.3, 0.4) is 0 Å². The predicted octanol–water partition coefficient (Wildman–Crippen LogP) is 3.41. The minimum absolute atomic E-state index is 0.118. The largest absolute Gasteiger partial charge is 0.573 e. The lowest BCUT2D eigenvalue weighted by atomic mass is 9.89. The molecule has 178 valence electrons. The molecule has 0 aromatic heterocycles. The van der Waals surface area contributed by atoms with Crippen LogP contribution in [0.5, 0.6) is 5.75 Å². The van der Waals surface area contributed by atoms with Crippen LogP contribution in [0, 0.1) is 5.92 Å². The van der Waals surface area contributed by atoms with Crippen molar-refractivity contribution in [3.63, 3.8) is 0 Å². The molecule has 2 N–H and O–H groups in total. The van der Waals surface area contributed by atoms with E-state index >= 15 is 0 Å². The fourth-order valence-electron chi connectivity index (χ4n) is 3.44. The van der Waals surface area contributed by atoms with E-state index in [0.717, 1.165) is 37.8 Å². The Bertz CT molecular complexity index is 769. The van der Waals surface area contributed by atoms with Crippen molar-refractivity contribution in [3.8, 4) is 5.75 Å². The van der Waals surface area contributed by atoms with Crippen molar-refractivity contribution < 1.29 is 32.3 Å². The van der Waals surface area contributed by atoms with Gasteiger partial charge in [-0.05, 0) is 49.3 Å². The van der Waals surface area contributed by atoms with Gasteiger partial charge >= 0.3 is 6.36 Å². The summed E-state index contributed by atoms with van der Waals surface area (Å²) < 4.78 is 40.5. The second-order valence-electron chi connectivity index (χ2n) is 7.61. The fraction of sp³-hybridized carbons (Fsp3) is 0.571. The summed E-state index contributed by atoms with van der Waals surface area (Å²) in [6.07, 6.45) is 2.61. The number of rotatable bonds is 10. The quantitative estimate of drug-likeness (QED) is 0.542. The summed E-state index contributed by atoms with van der Waals surface area (Å²) in [6, 6.07) is 4.64. The second kappa shape index (κ2) is 12.6. The van der Waals surface area contributed by atoms with E-state index in [1.54, 1.807) is 6.26 Å². The van der Waals surface area contributed by atoms with Crippen LogP contribution in [0.15, 0.2) is 24.3 Å². The molecule has 0 bridgehead atoms. The van der Waals surface area contributed by atoms with Crippen molar-refractivity contribution in [2.75, 3.05) is 37.0 Å². The summed E-state index contributed by atoms with van der Waals surface area (Å²) >= 11 is 1.28. The van der Waals surface area contributed by atoms with E-state index in [1.807, 2.05) is 0 Å². The number of carbonyl (C=O) groups is 3. The maximum Gasteiger partial charge on any atom is 0.573 e. The van der Waals surface area contributed by atoms with Gasteiger partial charge in [0.2, 0.25) is 17.7 Å². The predicted molar refractivity (Wildman–Crippen MR) is 116 cm³/mol. The summed E-state index contributed by atoms with van der Waals surface area (Å²) in [7, 11) is 0. The first-order valence-electron chi connectivity index (χ1n) is 10.4. The van der Waals surface area contributed by atoms with Crippen LogP contribution < -0.4 is 15.4 Å². The van der Waals surface area contributed by atoms with E-state index in [0.29, 0.717) is 12.5 Å². The number of amides is 3. The van der Waals surface area contributed by atoms with Gasteiger partial charge in [-0.2, -0.15) is 11.8 Å². The summed E-state index contributed by atoms with van der Waals surface area (Å²) in [5, 5.41) is 5.36. The maximum absolute atomic E-state index is 12.4. The monoisotopic (exact) mass is 475 g/mol. The number of halogens is 3. The molecule has 0 aliphatic heterocycles. The summed E-state index contributed by atoms with van der Waals surface area (Å²) in [6.45, 7) is -0.0309. The number of benzene rings is 1. The topological polar surface area (TPSA) is 87.7 Å². The van der Waals surface area contributed by atoms with Crippen molar-refractivity contribution in [2.45, 2.75) is 38.5 Å². The van der Waals surface area contributed by atoms with Gasteiger partial charge in [0.15, 0.2) is 0 Å². The van der Waals surface area contributed by atoms with E-state index in [-0.39, 0.29) is 36.3 Å². The van der Waals surface area contributed by atoms with Crippen molar-refractivity contribution in [1.82, 2.24) is 10.2 Å². The number of nitrogens with zero attached hydrogens (tertiary/aromatic N) is 1. The lowest BCUT2D eigenvalue weighted by molar-refractivity contribution is -0.274. The zero-order chi connectivity index (χ0) is 23.6. The van der Waals surface area contributed by atoms with Gasteiger partial charge in [0, 0.05) is 12.2 Å². The second-order valence-corrected chi connectivity index (χ2v) is 8.48. The lowest BCUT2D eigenvalue weighted by Gasteiger charge is -2.24. The summed E-state index contributed by atoms with van der Waals surface area (Å²) in [4.78, 5) is 38.3. The molecule has 11 heteroatoms. The van der Waals surface area contributed by atoms with Crippen LogP contribution >= 0.6 is 11.8 Å². The Labute approximate surface area is 189 Å². The molecule has 0 saturated heterocycles. The lowest BCUT2D eigenvalue weighted by Crippen LogP contribution is -2.45. The molecular formula is C21H28F3N3O4S. The third-order valence-corrected chi connectivity index (χ3v) is 5.51. The number of nitrogens with one attached hydrogen (secondary N) is 2. The van der Waals surface area contributed by atoms with Crippen molar-refractivity contribution in [2.24, 2.45) is 5.92 Å². The Hall–Kier alpha value is -2.43. The van der Waals surface area contributed by atoms with Crippen LogP contribution in [0.1, 0.15) is 32.1 Å². The molecule has 1 aromatic rings. The van der Waals surface area contributed by atoms with Gasteiger partial charge in [-0.15, -0.1) is 13.2 Å². The van der Waals surface area contributed by atoms with Gasteiger partial charge < -0.3 is 20.3 Å². The first kappa shape index (κ1) is 25.8. The Morgan fingerprint density at radius 2 is 1.69 bits per heavy atom. The van der Waals surface area contributed by atoms with Crippen molar-refractivity contribution >= 4 is 35.2 Å². The number of alkyl halides is 3. The number of thioether (sulfide) groups is 1. The first-order valence-corrected chi connectivity index (χ1v) is 11.7. The van der Waals surface area contributed by atoms with Gasteiger partial charge in [-0.1, -0.05) is 19.3 Å². The fourth-order valence-corrected chi connectivity index (χ4v) is 3.87. The van der Waals surface area contributed by atoms with E-state index in [9.17, 15) is 27.6 Å². The molecule has 0 atom stereocenters. The molecule has 32 heavy (non-hydrogen) atoms. The molecule has 0 radical (unpaired) electrons. The van der Waals surface area contributed by atoms with Crippen molar-refractivity contribution in [3.05, 3.63) is 24.3 Å². The van der Waals surface area contributed by atoms with Crippen LogP contribution in [0.2, 0.25) is 0 Å². The molecule has 1 aliphatic rings. The normalized spacial score (nSPS) is 14.5. The molecule has 1 aliphatic carbocycles. The van der Waals surface area contributed by atoms with Gasteiger partial charge in [-0.3, -0.25) is 14.4 Å². The minimum Gasteiger partial charge on any atom is -0.406 e. The van der Waals surface area contributed by atoms with Crippen LogP contribution in [-0.2, 0) is 14.4 Å². The molecule has 0 spiro atoms. The molecular weight excluding hydrogens is 447 g/mol. The Morgan fingerprint density at radius 1 is 1.06 bits per heavy atom. The first-order chi connectivity index (χ1) is 15.2. The third-order valence-electron chi connectivity index (χ3n) is 4.97. The van der Waals surface area contributed by atoms with Crippen LogP contribution in [0.4, 0.5) is 18.9 Å². The standard InChI is InChI=1S/C21H28F3N3O4S/c1-32-14-20(30)27(12-18(28)25-11-15-5-3-2-4-6-15)13-19(29)26-16-7-9-17(10-8-16)31-21(22,23)24/h7-10,15H,2-6,11-14H2,1H3,(H,25,28)(H,26,29). The summed E-state index contributed by atoms with van der Waals surface area (Å²) in [5.41, 5.74) is 0.239. The molecule has 0 unspecified atom stereocenters. The number of carbonyl (C=O) groups excluding carboxylic acids is 3. The van der Waals surface area contributed by atoms with E-state index in [1.165, 1.54) is 35.2 Å². The average Bonchev–Trinajstić information content (AvgIpc) is 2.73. The van der Waals surface area contributed by atoms with E-state index in [2.05, 4.69) is 15.4 Å². The third kappa shape index (κ3) is 9.80. The van der Waals surface area contributed by atoms with Gasteiger partial charge in [0.1, 0.15) is 18.8 Å². The Morgan fingerprint density at radius 3 is 2.28 bits per heavy atom. The van der Waals surface area contributed by atoms with Gasteiger partial charge in [0.25, 0.3) is 0 Å². The zero-order valence-electron chi connectivity index (χ0n) is 17.9. The van der Waals surface area contributed by atoms with E-state index < -0.39 is 18.0 Å². The molecule has 2 rings (SSSR count). The Balaban J connectivity index is 1.88. The molecule has 3 amide bonds. The molecule has 1 fully saturated rings. The van der Waals surface area contributed by atoms with E-state index in [4.69, 9.17) is 0 Å². The maximum atomic E-state index is 12.4. The average molecular weight is 476 g/mol. The summed E-state index contributed by atoms with van der Waals surface area (Å²) in [5.74, 6) is -1.10. The molecule has 0 heterocycles. The smallest absolute Gasteiger partial charge is 0.406 e. The van der Waals surface area contributed by atoms with Crippen LogP contribution in [-0.4, -0.2) is 60.6 Å². The zero-order valence-corrected chi connectivity index (χ0v) is 18.7. The number of ether oxygens (including phenoxy) is 1. The minimum atomic E-state index is -4.81. The highest BCUT2D eigenvalue weighted by atomic mass is 32.2. The SMILES string of the molecule is CSCC(=O)N(CC(=O)NCC1CCCCC1)CC(=O)Nc1ccc(OC(F)(F)F)cc1. The van der Waals surface area contributed by atoms with Crippen molar-refractivity contribution in [1.29, 1.82) is 0 Å². The Kier molecular flexibility index (Phi) is 10.1. The molecule has 1 saturated carbocycles. The molecule has 1 aromatic carbocycles. The van der Waals surface area contributed by atoms with Crippen LogP contribution in [0.25, 0.3) is 0 Å². The number of hydrogen-bond donors (Lipinski definition) is 2. The molecule has 7 nitrogen and oxygen atoms in total. The number of hydrogen-bond acceptors (Lipinski definition) is 5.